The minimum Gasteiger partial charge on any atom is -0.493 e. The Morgan fingerprint density at radius 3 is 2.39 bits per heavy atom. The van der Waals surface area contributed by atoms with E-state index in [1.54, 1.807) is 25.5 Å². The summed E-state index contributed by atoms with van der Waals surface area (Å²) in [5, 5.41) is 4.04. The molecule has 4 rings (SSSR count). The molecule has 1 saturated heterocycles. The number of nitrogens with zero attached hydrogens (tertiary/aromatic N) is 2. The molecule has 0 aromatic heterocycles. The zero-order valence-corrected chi connectivity index (χ0v) is 20.5. The van der Waals surface area contributed by atoms with E-state index in [9.17, 15) is 9.59 Å². The van der Waals surface area contributed by atoms with Crippen LogP contribution >= 0.6 is 0 Å². The van der Waals surface area contributed by atoms with E-state index in [4.69, 9.17) is 9.47 Å². The first-order chi connectivity index (χ1) is 17.6. The second-order valence-electron chi connectivity index (χ2n) is 8.70. The van der Waals surface area contributed by atoms with E-state index >= 15 is 0 Å². The summed E-state index contributed by atoms with van der Waals surface area (Å²) in [6.07, 6.45) is 5.18. The highest BCUT2D eigenvalue weighted by atomic mass is 16.5. The topological polar surface area (TPSA) is 80.2 Å². The minimum atomic E-state index is -0.187. The van der Waals surface area contributed by atoms with Crippen molar-refractivity contribution in [2.24, 2.45) is 5.10 Å². The van der Waals surface area contributed by atoms with Crippen molar-refractivity contribution in [1.29, 1.82) is 0 Å². The molecule has 0 radical (unpaired) electrons. The van der Waals surface area contributed by atoms with Gasteiger partial charge in [0.05, 0.1) is 19.7 Å². The first kappa shape index (κ1) is 25.0. The average Bonchev–Trinajstić information content (AvgIpc) is 2.93. The number of nitrogens with one attached hydrogen (secondary N) is 1. The fraction of sp³-hybridized carbons (Fsp3) is 0.276. The Morgan fingerprint density at radius 2 is 1.67 bits per heavy atom. The average molecular weight is 486 g/mol. The molecule has 1 aliphatic heterocycles. The van der Waals surface area contributed by atoms with Crippen molar-refractivity contribution in [3.63, 3.8) is 0 Å². The molecule has 3 aromatic rings. The molecule has 36 heavy (non-hydrogen) atoms. The van der Waals surface area contributed by atoms with E-state index in [0.717, 1.165) is 42.6 Å². The molecule has 0 bridgehead atoms. The first-order valence-electron chi connectivity index (χ1n) is 12.2. The van der Waals surface area contributed by atoms with Crippen LogP contribution in [0.25, 0.3) is 0 Å². The van der Waals surface area contributed by atoms with Crippen molar-refractivity contribution < 1.29 is 19.1 Å². The quantitative estimate of drug-likeness (QED) is 0.355. The van der Waals surface area contributed by atoms with Gasteiger partial charge in [0.2, 0.25) is 5.91 Å². The van der Waals surface area contributed by atoms with Crippen molar-refractivity contribution in [3.05, 3.63) is 95.1 Å². The molecule has 1 heterocycles. The summed E-state index contributed by atoms with van der Waals surface area (Å²) in [5.74, 6) is 1.06. The molecule has 7 heteroatoms. The smallest absolute Gasteiger partial charge is 0.253 e. The lowest BCUT2D eigenvalue weighted by molar-refractivity contribution is -0.120. The van der Waals surface area contributed by atoms with Gasteiger partial charge in [0.25, 0.3) is 5.91 Å². The van der Waals surface area contributed by atoms with E-state index in [0.29, 0.717) is 23.7 Å². The van der Waals surface area contributed by atoms with Crippen LogP contribution in [0.3, 0.4) is 0 Å². The Hall–Kier alpha value is -4.13. The van der Waals surface area contributed by atoms with Gasteiger partial charge in [-0.25, -0.2) is 5.43 Å². The minimum absolute atomic E-state index is 0.0948. The number of methoxy groups -OCH3 is 1. The van der Waals surface area contributed by atoms with Crippen LogP contribution in [0, 0.1) is 0 Å². The summed E-state index contributed by atoms with van der Waals surface area (Å²) in [6, 6.07) is 22.5. The van der Waals surface area contributed by atoms with Crippen LogP contribution in [0.4, 0.5) is 0 Å². The van der Waals surface area contributed by atoms with E-state index < -0.39 is 0 Å². The van der Waals surface area contributed by atoms with E-state index in [2.05, 4.69) is 10.5 Å². The summed E-state index contributed by atoms with van der Waals surface area (Å²) < 4.78 is 11.4. The highest BCUT2D eigenvalue weighted by Crippen LogP contribution is 2.28. The summed E-state index contributed by atoms with van der Waals surface area (Å²) in [7, 11) is 1.58. The van der Waals surface area contributed by atoms with Gasteiger partial charge in [-0.3, -0.25) is 9.59 Å². The number of carbonyl (C=O) groups is 2. The number of benzene rings is 3. The van der Waals surface area contributed by atoms with Crippen LogP contribution in [0.2, 0.25) is 0 Å². The van der Waals surface area contributed by atoms with Gasteiger partial charge in [-0.15, -0.1) is 0 Å². The molecule has 2 amide bonds. The Morgan fingerprint density at radius 1 is 0.917 bits per heavy atom. The molecule has 1 fully saturated rings. The van der Waals surface area contributed by atoms with Crippen LogP contribution < -0.4 is 14.9 Å². The van der Waals surface area contributed by atoms with Gasteiger partial charge in [0.1, 0.15) is 6.61 Å². The lowest BCUT2D eigenvalue weighted by atomic mass is 10.1. The number of rotatable bonds is 9. The standard InChI is InChI=1S/C29H31N3O4/c1-35-27-18-24(20-30-31-28(33)19-22-8-4-2-5-9-22)12-15-26(27)36-21-23-10-13-25(14-11-23)29(34)32-16-6-3-7-17-32/h2,4-5,8-15,18,20H,3,6-7,16-17,19,21H2,1H3,(H,31,33)/b30-20-. The predicted molar refractivity (Wildman–Crippen MR) is 139 cm³/mol. The molecule has 1 aliphatic rings. The molecule has 7 nitrogen and oxygen atoms in total. The van der Waals surface area contributed by atoms with Gasteiger partial charge >= 0.3 is 0 Å². The Balaban J connectivity index is 1.30. The predicted octanol–water partition coefficient (Wildman–Crippen LogP) is 4.59. The Kier molecular flexibility index (Phi) is 8.70. The molecule has 0 saturated carbocycles. The van der Waals surface area contributed by atoms with Gasteiger partial charge < -0.3 is 14.4 Å². The molecule has 0 unspecified atom stereocenters. The summed E-state index contributed by atoms with van der Waals surface area (Å²) in [4.78, 5) is 26.6. The highest BCUT2D eigenvalue weighted by Gasteiger charge is 2.18. The number of piperidine rings is 1. The third kappa shape index (κ3) is 6.95. The lowest BCUT2D eigenvalue weighted by Gasteiger charge is -2.26. The number of carbonyl (C=O) groups excluding carboxylic acids is 2. The molecule has 0 atom stereocenters. The SMILES string of the molecule is COc1cc(/C=N\NC(=O)Cc2ccccc2)ccc1OCc1ccc(C(=O)N2CCCCC2)cc1. The van der Waals surface area contributed by atoms with Gasteiger partial charge in [-0.05, 0) is 66.3 Å². The van der Waals surface area contributed by atoms with Gasteiger partial charge in [0.15, 0.2) is 11.5 Å². The van der Waals surface area contributed by atoms with E-state index in [1.807, 2.05) is 65.6 Å². The van der Waals surface area contributed by atoms with Crippen LogP contribution in [-0.4, -0.2) is 43.1 Å². The number of ether oxygens (including phenoxy) is 2. The van der Waals surface area contributed by atoms with Gasteiger partial charge in [0, 0.05) is 18.7 Å². The van der Waals surface area contributed by atoms with Crippen molar-refractivity contribution in [2.45, 2.75) is 32.3 Å². The fourth-order valence-electron chi connectivity index (χ4n) is 4.07. The molecular weight excluding hydrogens is 454 g/mol. The summed E-state index contributed by atoms with van der Waals surface area (Å²) in [6.45, 7) is 2.02. The molecule has 0 spiro atoms. The lowest BCUT2D eigenvalue weighted by Crippen LogP contribution is -2.35. The number of likely N-dealkylation sites (tertiary alicyclic amines) is 1. The van der Waals surface area contributed by atoms with Crippen molar-refractivity contribution in [3.8, 4) is 11.5 Å². The molecule has 186 valence electrons. The van der Waals surface area contributed by atoms with Crippen molar-refractivity contribution in [1.82, 2.24) is 10.3 Å². The maximum absolute atomic E-state index is 12.6. The van der Waals surface area contributed by atoms with Gasteiger partial charge in [-0.1, -0.05) is 42.5 Å². The van der Waals surface area contributed by atoms with Crippen LogP contribution in [0.15, 0.2) is 77.9 Å². The van der Waals surface area contributed by atoms with E-state index in [1.165, 1.54) is 6.42 Å². The fourth-order valence-corrected chi connectivity index (χ4v) is 4.07. The van der Waals surface area contributed by atoms with Crippen molar-refractivity contribution in [2.75, 3.05) is 20.2 Å². The monoisotopic (exact) mass is 485 g/mol. The largest absolute Gasteiger partial charge is 0.493 e. The van der Waals surface area contributed by atoms with Crippen LogP contribution in [-0.2, 0) is 17.8 Å². The Labute approximate surface area is 211 Å². The molecule has 0 aliphatic carbocycles. The normalized spacial score (nSPS) is 13.4. The first-order valence-corrected chi connectivity index (χ1v) is 12.2. The molecule has 1 N–H and O–H groups in total. The van der Waals surface area contributed by atoms with Crippen LogP contribution in [0.5, 0.6) is 11.5 Å². The zero-order valence-electron chi connectivity index (χ0n) is 20.5. The zero-order chi connectivity index (χ0) is 25.2. The number of amides is 2. The summed E-state index contributed by atoms with van der Waals surface area (Å²) >= 11 is 0. The second-order valence-corrected chi connectivity index (χ2v) is 8.70. The maximum Gasteiger partial charge on any atom is 0.253 e. The maximum atomic E-state index is 12.6. The van der Waals surface area contributed by atoms with Gasteiger partial charge in [-0.2, -0.15) is 5.10 Å². The van der Waals surface area contributed by atoms with Crippen molar-refractivity contribution >= 4 is 18.0 Å². The third-order valence-electron chi connectivity index (χ3n) is 6.04. The number of hydrogen-bond donors (Lipinski definition) is 1. The molecular formula is C29H31N3O4. The highest BCUT2D eigenvalue weighted by molar-refractivity contribution is 5.94. The molecule has 3 aromatic carbocycles. The third-order valence-corrected chi connectivity index (χ3v) is 6.04. The second kappa shape index (κ2) is 12.5. The Bertz CT molecular complexity index is 1190. The number of hydrogen-bond acceptors (Lipinski definition) is 5. The van der Waals surface area contributed by atoms with E-state index in [-0.39, 0.29) is 18.2 Å². The van der Waals surface area contributed by atoms with Crippen LogP contribution in [0.1, 0.15) is 46.3 Å². The summed E-state index contributed by atoms with van der Waals surface area (Å²) in [5.41, 5.74) is 5.90. The number of hydrazone groups is 1.